The predicted molar refractivity (Wildman–Crippen MR) is 70.1 cm³/mol. The van der Waals surface area contributed by atoms with E-state index < -0.39 is 0 Å². The van der Waals surface area contributed by atoms with Gasteiger partial charge in [-0.3, -0.25) is 4.79 Å². The molecule has 0 spiro atoms. The molecule has 0 aromatic heterocycles. The molecule has 0 bridgehead atoms. The number of hydrogen-bond donors (Lipinski definition) is 2. The van der Waals surface area contributed by atoms with Gasteiger partial charge in [0.05, 0.1) is 20.8 Å². The lowest BCUT2D eigenvalue weighted by Crippen LogP contribution is -2.31. The fourth-order valence-corrected chi connectivity index (χ4v) is 1.69. The van der Waals surface area contributed by atoms with Gasteiger partial charge in [-0.25, -0.2) is 0 Å². The van der Waals surface area contributed by atoms with Crippen LogP contribution in [0.4, 0.5) is 0 Å². The summed E-state index contributed by atoms with van der Waals surface area (Å²) in [4.78, 5) is 11.4. The van der Waals surface area contributed by atoms with Gasteiger partial charge in [0.2, 0.25) is 5.91 Å². The highest BCUT2D eigenvalue weighted by Gasteiger charge is 2.10. The van der Waals surface area contributed by atoms with Gasteiger partial charge in [0.1, 0.15) is 11.5 Å². The lowest BCUT2D eigenvalue weighted by molar-refractivity contribution is -0.120. The largest absolute Gasteiger partial charge is 0.497 e. The van der Waals surface area contributed by atoms with Gasteiger partial charge in [0.15, 0.2) is 0 Å². The van der Waals surface area contributed by atoms with Gasteiger partial charge in [-0.15, -0.1) is 0 Å². The summed E-state index contributed by atoms with van der Waals surface area (Å²) in [5, 5.41) is 5.63. The maximum atomic E-state index is 11.4. The summed E-state index contributed by atoms with van der Waals surface area (Å²) in [6.07, 6.45) is 0. The van der Waals surface area contributed by atoms with E-state index in [-0.39, 0.29) is 5.91 Å². The molecule has 0 aliphatic carbocycles. The zero-order valence-corrected chi connectivity index (χ0v) is 11.3. The average Bonchev–Trinajstić information content (AvgIpc) is 2.36. The summed E-state index contributed by atoms with van der Waals surface area (Å²) in [5.41, 5.74) is 1.98. The molecule has 5 nitrogen and oxygen atoms in total. The normalized spacial score (nSPS) is 10.0. The third-order valence-electron chi connectivity index (χ3n) is 2.66. The summed E-state index contributed by atoms with van der Waals surface area (Å²) in [6, 6.07) is 3.73. The van der Waals surface area contributed by atoms with Crippen LogP contribution in [0.5, 0.6) is 11.5 Å². The van der Waals surface area contributed by atoms with Crippen molar-refractivity contribution < 1.29 is 14.3 Å². The smallest absolute Gasteiger partial charge is 0.234 e. The van der Waals surface area contributed by atoms with Crippen LogP contribution in [0.3, 0.4) is 0 Å². The Labute approximate surface area is 107 Å². The van der Waals surface area contributed by atoms with E-state index in [1.165, 1.54) is 0 Å². The van der Waals surface area contributed by atoms with Crippen molar-refractivity contribution in [2.45, 2.75) is 13.5 Å². The van der Waals surface area contributed by atoms with Gasteiger partial charge < -0.3 is 20.1 Å². The highest BCUT2D eigenvalue weighted by atomic mass is 16.5. The zero-order chi connectivity index (χ0) is 13.5. The van der Waals surface area contributed by atoms with E-state index in [1.54, 1.807) is 21.3 Å². The number of likely N-dealkylation sites (N-methyl/N-ethyl adjacent to an activating group) is 1. The van der Waals surface area contributed by atoms with Gasteiger partial charge >= 0.3 is 0 Å². The molecule has 0 aliphatic heterocycles. The molecule has 1 aromatic rings. The lowest BCUT2D eigenvalue weighted by atomic mass is 10.1. The molecular weight excluding hydrogens is 232 g/mol. The van der Waals surface area contributed by atoms with Crippen molar-refractivity contribution >= 4 is 5.91 Å². The molecule has 0 heterocycles. The molecule has 18 heavy (non-hydrogen) atoms. The number of nitrogens with one attached hydrogen (secondary N) is 2. The van der Waals surface area contributed by atoms with Crippen LogP contribution in [0.2, 0.25) is 0 Å². The van der Waals surface area contributed by atoms with Crippen LogP contribution in [0.15, 0.2) is 12.1 Å². The van der Waals surface area contributed by atoms with Crippen molar-refractivity contribution in [2.24, 2.45) is 0 Å². The molecule has 0 atom stereocenters. The van der Waals surface area contributed by atoms with E-state index >= 15 is 0 Å². The summed E-state index contributed by atoms with van der Waals surface area (Å²) in [6.45, 7) is 2.71. The average molecular weight is 252 g/mol. The van der Waals surface area contributed by atoms with Crippen LogP contribution in [0, 0.1) is 6.92 Å². The highest BCUT2D eigenvalue weighted by molar-refractivity contribution is 5.78. The first-order chi connectivity index (χ1) is 8.62. The Morgan fingerprint density at radius 2 is 2.00 bits per heavy atom. The zero-order valence-electron chi connectivity index (χ0n) is 11.3. The first-order valence-corrected chi connectivity index (χ1v) is 5.75. The van der Waals surface area contributed by atoms with E-state index in [4.69, 9.17) is 9.47 Å². The molecule has 0 aliphatic rings. The van der Waals surface area contributed by atoms with Crippen LogP contribution < -0.4 is 20.1 Å². The van der Waals surface area contributed by atoms with Gasteiger partial charge in [-0.2, -0.15) is 0 Å². The first-order valence-electron chi connectivity index (χ1n) is 5.75. The van der Waals surface area contributed by atoms with Crippen molar-refractivity contribution in [3.05, 3.63) is 23.3 Å². The Kier molecular flexibility index (Phi) is 5.45. The van der Waals surface area contributed by atoms with Crippen LogP contribution in [-0.2, 0) is 11.3 Å². The quantitative estimate of drug-likeness (QED) is 0.788. The van der Waals surface area contributed by atoms with Gasteiger partial charge in [-0.1, -0.05) is 0 Å². The minimum absolute atomic E-state index is 0.0465. The van der Waals surface area contributed by atoms with Gasteiger partial charge in [-0.05, 0) is 25.6 Å². The molecular formula is C13H20N2O3. The monoisotopic (exact) mass is 252 g/mol. The second-order valence-electron chi connectivity index (χ2n) is 3.93. The molecule has 2 N–H and O–H groups in total. The van der Waals surface area contributed by atoms with Crippen molar-refractivity contribution in [1.82, 2.24) is 10.6 Å². The lowest BCUT2D eigenvalue weighted by Gasteiger charge is -2.14. The van der Waals surface area contributed by atoms with Crippen LogP contribution in [0.25, 0.3) is 0 Å². The molecule has 1 rings (SSSR count). The number of amides is 1. The van der Waals surface area contributed by atoms with Gasteiger partial charge in [0, 0.05) is 18.2 Å². The topological polar surface area (TPSA) is 59.6 Å². The second-order valence-corrected chi connectivity index (χ2v) is 3.93. The van der Waals surface area contributed by atoms with E-state index in [1.807, 2.05) is 19.1 Å². The Balaban J connectivity index is 2.84. The molecule has 0 saturated heterocycles. The summed E-state index contributed by atoms with van der Waals surface area (Å²) in [5.74, 6) is 1.42. The Morgan fingerprint density at radius 1 is 1.28 bits per heavy atom. The second kappa shape index (κ2) is 6.86. The van der Waals surface area contributed by atoms with Crippen LogP contribution in [0.1, 0.15) is 11.1 Å². The maximum absolute atomic E-state index is 11.4. The number of carbonyl (C=O) groups is 1. The number of methoxy groups -OCH3 is 2. The maximum Gasteiger partial charge on any atom is 0.234 e. The van der Waals surface area contributed by atoms with Gasteiger partial charge in [0.25, 0.3) is 0 Å². The minimum atomic E-state index is -0.0465. The SMILES string of the molecule is CNCC(=O)NCc1c(C)cc(OC)cc1OC. The van der Waals surface area contributed by atoms with Crippen molar-refractivity contribution in [3.63, 3.8) is 0 Å². The molecule has 1 aromatic carbocycles. The molecule has 0 radical (unpaired) electrons. The number of carbonyl (C=O) groups excluding carboxylic acids is 1. The third-order valence-corrected chi connectivity index (χ3v) is 2.66. The molecule has 0 fully saturated rings. The first kappa shape index (κ1) is 14.3. The third kappa shape index (κ3) is 3.63. The van der Waals surface area contributed by atoms with E-state index in [9.17, 15) is 4.79 Å². The number of aryl methyl sites for hydroxylation is 1. The fourth-order valence-electron chi connectivity index (χ4n) is 1.69. The van der Waals surface area contributed by atoms with E-state index in [2.05, 4.69) is 10.6 Å². The summed E-state index contributed by atoms with van der Waals surface area (Å²) < 4.78 is 10.5. The Bertz CT molecular complexity index is 419. The Morgan fingerprint density at radius 3 is 2.56 bits per heavy atom. The van der Waals surface area contributed by atoms with E-state index in [0.717, 1.165) is 22.6 Å². The minimum Gasteiger partial charge on any atom is -0.497 e. The fraction of sp³-hybridized carbons (Fsp3) is 0.462. The van der Waals surface area contributed by atoms with Crippen molar-refractivity contribution in [1.29, 1.82) is 0 Å². The molecule has 0 saturated carbocycles. The number of hydrogen-bond acceptors (Lipinski definition) is 4. The number of ether oxygens (including phenoxy) is 2. The predicted octanol–water partition coefficient (Wildman–Crippen LogP) is 0.848. The standard InChI is InChI=1S/C13H20N2O3/c1-9-5-10(17-3)6-12(18-4)11(9)7-15-13(16)8-14-2/h5-6,14H,7-8H2,1-4H3,(H,15,16). The number of rotatable bonds is 6. The summed E-state index contributed by atoms with van der Waals surface area (Å²) >= 11 is 0. The molecule has 0 unspecified atom stereocenters. The van der Waals surface area contributed by atoms with Crippen molar-refractivity contribution in [3.8, 4) is 11.5 Å². The molecule has 100 valence electrons. The van der Waals surface area contributed by atoms with Crippen molar-refractivity contribution in [2.75, 3.05) is 27.8 Å². The van der Waals surface area contributed by atoms with Crippen LogP contribution >= 0.6 is 0 Å². The molecule has 1 amide bonds. The number of benzene rings is 1. The highest BCUT2D eigenvalue weighted by Crippen LogP contribution is 2.28. The van der Waals surface area contributed by atoms with Crippen LogP contribution in [-0.4, -0.2) is 33.7 Å². The molecule has 5 heteroatoms. The summed E-state index contributed by atoms with van der Waals surface area (Å²) in [7, 11) is 4.95. The van der Waals surface area contributed by atoms with E-state index in [0.29, 0.717) is 13.1 Å². The Hall–Kier alpha value is -1.75.